The Bertz CT molecular complexity index is 213. The van der Waals surface area contributed by atoms with Gasteiger partial charge >= 0.3 is 6.16 Å². The van der Waals surface area contributed by atoms with Gasteiger partial charge in [-0.05, 0) is 25.7 Å². The van der Waals surface area contributed by atoms with Crippen LogP contribution in [-0.2, 0) is 9.47 Å². The third-order valence-corrected chi connectivity index (χ3v) is 2.68. The summed E-state index contributed by atoms with van der Waals surface area (Å²) >= 11 is 0. The molecule has 20 heavy (non-hydrogen) atoms. The molecule has 0 rings (SSSR count). The number of aliphatic hydroxyl groups excluding tert-OH is 4. The molecule has 0 aliphatic heterocycles. The van der Waals surface area contributed by atoms with Crippen LogP contribution in [0.1, 0.15) is 51.4 Å². The van der Waals surface area contributed by atoms with E-state index in [1.165, 1.54) is 0 Å². The fourth-order valence-corrected chi connectivity index (χ4v) is 1.58. The van der Waals surface area contributed by atoms with Gasteiger partial charge in [-0.25, -0.2) is 4.79 Å². The average molecular weight is 294 g/mol. The lowest BCUT2D eigenvalue weighted by Gasteiger charge is -2.15. The molecule has 0 heterocycles. The summed E-state index contributed by atoms with van der Waals surface area (Å²) in [4.78, 5) is 11.2. The topological polar surface area (TPSA) is 116 Å². The van der Waals surface area contributed by atoms with Gasteiger partial charge in [0.15, 0.2) is 0 Å². The van der Waals surface area contributed by atoms with E-state index in [1.54, 1.807) is 0 Å². The Morgan fingerprint density at radius 2 is 1.15 bits per heavy atom. The predicted molar refractivity (Wildman–Crippen MR) is 70.7 cm³/mol. The summed E-state index contributed by atoms with van der Waals surface area (Å²) in [5.41, 5.74) is 0. The van der Waals surface area contributed by atoms with E-state index < -0.39 is 18.7 Å². The predicted octanol–water partition coefficient (Wildman–Crippen LogP) is 0.882. The maximum atomic E-state index is 11.2. The summed E-state index contributed by atoms with van der Waals surface area (Å²) in [7, 11) is 0. The van der Waals surface area contributed by atoms with Gasteiger partial charge in [-0.15, -0.1) is 0 Å². The van der Waals surface area contributed by atoms with E-state index in [2.05, 4.69) is 9.47 Å². The first-order chi connectivity index (χ1) is 9.60. The Labute approximate surface area is 119 Å². The highest BCUT2D eigenvalue weighted by molar-refractivity contribution is 5.60. The van der Waals surface area contributed by atoms with Crippen LogP contribution in [0.4, 0.5) is 4.79 Å². The normalized spacial score (nSPS) is 13.8. The number of aliphatic hydroxyl groups is 4. The van der Waals surface area contributed by atoms with Crippen LogP contribution in [0.5, 0.6) is 0 Å². The van der Waals surface area contributed by atoms with Crippen LogP contribution < -0.4 is 0 Å². The zero-order chi connectivity index (χ0) is 15.2. The summed E-state index contributed by atoms with van der Waals surface area (Å²) in [5, 5.41) is 35.9. The summed E-state index contributed by atoms with van der Waals surface area (Å²) < 4.78 is 9.12. The summed E-state index contributed by atoms with van der Waals surface area (Å²) in [6.45, 7) is 0.197. The van der Waals surface area contributed by atoms with Gasteiger partial charge < -0.3 is 29.9 Å². The van der Waals surface area contributed by atoms with Crippen molar-refractivity contribution < 1.29 is 34.7 Å². The van der Waals surface area contributed by atoms with Crippen molar-refractivity contribution >= 4 is 6.16 Å². The van der Waals surface area contributed by atoms with E-state index in [4.69, 9.17) is 10.2 Å². The molecule has 0 bridgehead atoms. The number of carbonyl (C=O) groups excluding carboxylic acids is 1. The Kier molecular flexibility index (Phi) is 12.5. The van der Waals surface area contributed by atoms with Crippen LogP contribution in [0.2, 0.25) is 0 Å². The van der Waals surface area contributed by atoms with Crippen molar-refractivity contribution in [1.29, 1.82) is 0 Å². The van der Waals surface area contributed by atoms with E-state index in [0.717, 1.165) is 12.8 Å². The van der Waals surface area contributed by atoms with Gasteiger partial charge in [0, 0.05) is 26.1 Å². The van der Waals surface area contributed by atoms with Crippen LogP contribution in [-0.4, -0.2) is 52.4 Å². The molecule has 0 amide bonds. The highest BCUT2D eigenvalue weighted by atomic mass is 16.8. The second kappa shape index (κ2) is 13.1. The number of hydrogen-bond donors (Lipinski definition) is 4. The minimum atomic E-state index is -1.26. The highest BCUT2D eigenvalue weighted by Gasteiger charge is 2.16. The lowest BCUT2D eigenvalue weighted by molar-refractivity contribution is -0.129. The Hall–Kier alpha value is -0.890. The third kappa shape index (κ3) is 12.2. The van der Waals surface area contributed by atoms with Crippen LogP contribution in [0, 0.1) is 0 Å². The molecule has 0 aromatic carbocycles. The first-order valence-corrected chi connectivity index (χ1v) is 7.05. The summed E-state index contributed by atoms with van der Waals surface area (Å²) in [6.07, 6.45) is 0.910. The van der Waals surface area contributed by atoms with Crippen LogP contribution in [0.15, 0.2) is 0 Å². The van der Waals surface area contributed by atoms with Gasteiger partial charge in [-0.2, -0.15) is 0 Å². The zero-order valence-corrected chi connectivity index (χ0v) is 11.7. The summed E-state index contributed by atoms with van der Waals surface area (Å²) in [5.74, 6) is 0. The molecule has 7 heteroatoms. The van der Waals surface area contributed by atoms with Gasteiger partial charge in [-0.1, -0.05) is 12.8 Å². The largest absolute Gasteiger partial charge is 0.512 e. The Balaban J connectivity index is 3.59. The smallest absolute Gasteiger partial charge is 0.405 e. The number of unbranched alkanes of at least 4 members (excludes halogenated alkanes) is 4. The molecule has 0 aliphatic carbocycles. The molecular formula is C13H26O7. The molecule has 4 N–H and O–H groups in total. The molecule has 0 saturated heterocycles. The highest BCUT2D eigenvalue weighted by Crippen LogP contribution is 2.08. The molecule has 2 atom stereocenters. The van der Waals surface area contributed by atoms with Crippen LogP contribution >= 0.6 is 0 Å². The lowest BCUT2D eigenvalue weighted by atomic mass is 10.2. The van der Waals surface area contributed by atoms with Crippen molar-refractivity contribution in [1.82, 2.24) is 0 Å². The summed E-state index contributed by atoms with van der Waals surface area (Å²) in [6, 6.07) is 0. The second-order valence-electron chi connectivity index (χ2n) is 4.54. The van der Waals surface area contributed by atoms with E-state index in [1.807, 2.05) is 0 Å². The third-order valence-electron chi connectivity index (χ3n) is 2.68. The molecule has 2 unspecified atom stereocenters. The van der Waals surface area contributed by atoms with Gasteiger partial charge in [-0.3, -0.25) is 0 Å². The molecule has 0 saturated carbocycles. The minimum Gasteiger partial charge on any atom is -0.405 e. The first kappa shape index (κ1) is 19.1. The molecule has 0 radical (unpaired) electrons. The number of ether oxygens (including phenoxy) is 2. The minimum absolute atomic E-state index is 0.0987. The first-order valence-electron chi connectivity index (χ1n) is 7.05. The lowest BCUT2D eigenvalue weighted by Crippen LogP contribution is -2.23. The maximum Gasteiger partial charge on any atom is 0.512 e. The molecule has 0 aromatic rings. The standard InChI is InChI=1S/C13H26O7/c14-9-5-1-3-7-11(16)19-13(18)20-12(17)8-4-2-6-10-15/h11-12,14-17H,1-10H2. The maximum absolute atomic E-state index is 11.2. The van der Waals surface area contributed by atoms with Crippen LogP contribution in [0.25, 0.3) is 0 Å². The molecule has 0 fully saturated rings. The van der Waals surface area contributed by atoms with E-state index in [0.29, 0.717) is 25.7 Å². The van der Waals surface area contributed by atoms with E-state index >= 15 is 0 Å². The van der Waals surface area contributed by atoms with Crippen molar-refractivity contribution in [2.75, 3.05) is 13.2 Å². The molecular weight excluding hydrogens is 268 g/mol. The fourth-order valence-electron chi connectivity index (χ4n) is 1.58. The SMILES string of the molecule is O=C(OC(O)CCCCCO)OC(O)CCCCCO. The van der Waals surface area contributed by atoms with Gasteiger partial charge in [0.2, 0.25) is 12.6 Å². The van der Waals surface area contributed by atoms with Crippen LogP contribution in [0.3, 0.4) is 0 Å². The zero-order valence-electron chi connectivity index (χ0n) is 11.7. The second-order valence-corrected chi connectivity index (χ2v) is 4.54. The Morgan fingerprint density at radius 3 is 1.50 bits per heavy atom. The Morgan fingerprint density at radius 1 is 0.750 bits per heavy atom. The van der Waals surface area contributed by atoms with Crippen molar-refractivity contribution in [3.05, 3.63) is 0 Å². The van der Waals surface area contributed by atoms with Crippen molar-refractivity contribution in [3.63, 3.8) is 0 Å². The fraction of sp³-hybridized carbons (Fsp3) is 0.923. The number of carbonyl (C=O) groups is 1. The number of rotatable bonds is 12. The number of hydrogen-bond acceptors (Lipinski definition) is 7. The van der Waals surface area contributed by atoms with Gasteiger partial charge in [0.1, 0.15) is 0 Å². The van der Waals surface area contributed by atoms with E-state index in [-0.39, 0.29) is 26.1 Å². The monoisotopic (exact) mass is 294 g/mol. The molecule has 120 valence electrons. The molecule has 0 spiro atoms. The quantitative estimate of drug-likeness (QED) is 0.240. The molecule has 7 nitrogen and oxygen atoms in total. The van der Waals surface area contributed by atoms with E-state index in [9.17, 15) is 15.0 Å². The molecule has 0 aromatic heterocycles. The van der Waals surface area contributed by atoms with Crippen molar-refractivity contribution in [2.45, 2.75) is 63.9 Å². The average Bonchev–Trinajstić information content (AvgIpc) is 2.39. The van der Waals surface area contributed by atoms with Crippen molar-refractivity contribution in [3.8, 4) is 0 Å². The molecule has 0 aliphatic rings. The van der Waals surface area contributed by atoms with Crippen molar-refractivity contribution in [2.24, 2.45) is 0 Å². The van der Waals surface area contributed by atoms with Gasteiger partial charge in [0.25, 0.3) is 0 Å². The van der Waals surface area contributed by atoms with Gasteiger partial charge in [0.05, 0.1) is 0 Å².